The lowest BCUT2D eigenvalue weighted by Crippen LogP contribution is -2.33. The minimum absolute atomic E-state index is 0.318. The van der Waals surface area contributed by atoms with Crippen molar-refractivity contribution in [2.45, 2.75) is 33.3 Å². The molecule has 96 valence electrons. The Morgan fingerprint density at radius 1 is 1.18 bits per heavy atom. The van der Waals surface area contributed by atoms with Gasteiger partial charge in [-0.2, -0.15) is 0 Å². The van der Waals surface area contributed by atoms with Crippen molar-refractivity contribution in [2.75, 3.05) is 19.7 Å². The van der Waals surface area contributed by atoms with E-state index in [0.29, 0.717) is 12.0 Å². The van der Waals surface area contributed by atoms with E-state index in [4.69, 9.17) is 4.74 Å². The van der Waals surface area contributed by atoms with Crippen LogP contribution in [0.3, 0.4) is 0 Å². The van der Waals surface area contributed by atoms with Crippen LogP contribution in [0.1, 0.15) is 26.3 Å². The molecule has 0 aliphatic carbocycles. The molecule has 1 unspecified atom stereocenters. The maximum Gasteiger partial charge on any atom is 0.0722 e. The van der Waals surface area contributed by atoms with E-state index in [-0.39, 0.29) is 0 Å². The summed E-state index contributed by atoms with van der Waals surface area (Å²) in [5, 5.41) is 3.35. The number of benzene rings is 1. The molecular weight excluding hydrogens is 210 g/mol. The highest BCUT2D eigenvalue weighted by Gasteiger charge is 2.12. The summed E-state index contributed by atoms with van der Waals surface area (Å²) in [7, 11) is 0. The smallest absolute Gasteiger partial charge is 0.0722 e. The lowest BCUT2D eigenvalue weighted by Gasteiger charge is -2.21. The van der Waals surface area contributed by atoms with Crippen LogP contribution in [0.5, 0.6) is 0 Å². The van der Waals surface area contributed by atoms with Gasteiger partial charge in [0.25, 0.3) is 0 Å². The van der Waals surface area contributed by atoms with Gasteiger partial charge in [0.2, 0.25) is 0 Å². The van der Waals surface area contributed by atoms with Crippen molar-refractivity contribution >= 4 is 0 Å². The zero-order chi connectivity index (χ0) is 12.5. The Kier molecular flexibility index (Phi) is 6.90. The van der Waals surface area contributed by atoms with Gasteiger partial charge in [0.15, 0.2) is 0 Å². The van der Waals surface area contributed by atoms with Gasteiger partial charge in [-0.25, -0.2) is 0 Å². The molecule has 0 aromatic heterocycles. The van der Waals surface area contributed by atoms with Crippen LogP contribution in [0.25, 0.3) is 0 Å². The summed E-state index contributed by atoms with van der Waals surface area (Å²) in [6.07, 6.45) is 1.31. The molecule has 17 heavy (non-hydrogen) atoms. The van der Waals surface area contributed by atoms with Crippen molar-refractivity contribution < 1.29 is 4.74 Å². The lowest BCUT2D eigenvalue weighted by atomic mass is 10.1. The summed E-state index contributed by atoms with van der Waals surface area (Å²) in [6, 6.07) is 10.5. The van der Waals surface area contributed by atoms with Gasteiger partial charge in [-0.05, 0) is 24.4 Å². The van der Waals surface area contributed by atoms with Crippen LogP contribution in [0.2, 0.25) is 0 Å². The van der Waals surface area contributed by atoms with Crippen molar-refractivity contribution in [3.05, 3.63) is 35.9 Å². The monoisotopic (exact) mass is 235 g/mol. The highest BCUT2D eigenvalue weighted by Crippen LogP contribution is 2.07. The maximum atomic E-state index is 5.95. The number of rotatable bonds is 8. The first kappa shape index (κ1) is 14.2. The highest BCUT2D eigenvalue weighted by atomic mass is 16.5. The van der Waals surface area contributed by atoms with Gasteiger partial charge in [0.1, 0.15) is 0 Å². The van der Waals surface area contributed by atoms with E-state index in [1.807, 2.05) is 6.07 Å². The fraction of sp³-hybridized carbons (Fsp3) is 0.600. The van der Waals surface area contributed by atoms with Crippen molar-refractivity contribution in [3.8, 4) is 0 Å². The van der Waals surface area contributed by atoms with Crippen molar-refractivity contribution in [1.82, 2.24) is 5.32 Å². The Labute approximate surface area is 105 Å². The third kappa shape index (κ3) is 5.85. The Bertz CT molecular complexity index is 284. The molecule has 0 radical (unpaired) electrons. The van der Waals surface area contributed by atoms with Gasteiger partial charge in [-0.3, -0.25) is 0 Å². The van der Waals surface area contributed by atoms with E-state index in [9.17, 15) is 0 Å². The van der Waals surface area contributed by atoms with Gasteiger partial charge in [0, 0.05) is 6.54 Å². The van der Waals surface area contributed by atoms with Crippen LogP contribution in [0, 0.1) is 5.92 Å². The van der Waals surface area contributed by atoms with Gasteiger partial charge in [0.05, 0.1) is 12.7 Å². The Hall–Kier alpha value is -0.860. The summed E-state index contributed by atoms with van der Waals surface area (Å²) in [5.41, 5.74) is 1.35. The molecule has 0 fully saturated rings. The van der Waals surface area contributed by atoms with Crippen LogP contribution >= 0.6 is 0 Å². The molecule has 1 N–H and O–H groups in total. The SMILES string of the molecule is CCNCC(OCCc1ccccc1)C(C)C. The molecule has 1 aromatic rings. The van der Waals surface area contributed by atoms with Gasteiger partial charge < -0.3 is 10.1 Å². The summed E-state index contributed by atoms with van der Waals surface area (Å²) < 4.78 is 5.95. The summed E-state index contributed by atoms with van der Waals surface area (Å²) >= 11 is 0. The minimum atomic E-state index is 0.318. The van der Waals surface area contributed by atoms with Crippen LogP contribution in [-0.2, 0) is 11.2 Å². The zero-order valence-corrected chi connectivity index (χ0v) is 11.3. The van der Waals surface area contributed by atoms with Crippen LogP contribution in [0.15, 0.2) is 30.3 Å². The fourth-order valence-corrected chi connectivity index (χ4v) is 1.75. The predicted octanol–water partition coefficient (Wildman–Crippen LogP) is 2.88. The summed E-state index contributed by atoms with van der Waals surface area (Å²) in [6.45, 7) is 9.31. The van der Waals surface area contributed by atoms with Crippen LogP contribution < -0.4 is 5.32 Å². The second-order valence-corrected chi connectivity index (χ2v) is 4.70. The number of likely N-dealkylation sites (N-methyl/N-ethyl adjacent to an activating group) is 1. The van der Waals surface area contributed by atoms with Gasteiger partial charge in [-0.15, -0.1) is 0 Å². The first-order valence-corrected chi connectivity index (χ1v) is 6.60. The van der Waals surface area contributed by atoms with Crippen molar-refractivity contribution in [3.63, 3.8) is 0 Å². The molecule has 0 aliphatic heterocycles. The topological polar surface area (TPSA) is 21.3 Å². The Morgan fingerprint density at radius 2 is 1.88 bits per heavy atom. The third-order valence-electron chi connectivity index (χ3n) is 2.90. The number of ether oxygens (including phenoxy) is 1. The minimum Gasteiger partial charge on any atom is -0.376 e. The number of hydrogen-bond donors (Lipinski definition) is 1. The molecule has 0 spiro atoms. The average molecular weight is 235 g/mol. The predicted molar refractivity (Wildman–Crippen MR) is 73.3 cm³/mol. The van der Waals surface area contributed by atoms with Crippen LogP contribution in [-0.4, -0.2) is 25.8 Å². The standard InChI is InChI=1S/C15H25NO/c1-4-16-12-15(13(2)3)17-11-10-14-8-6-5-7-9-14/h5-9,13,15-16H,4,10-12H2,1-3H3. The maximum absolute atomic E-state index is 5.95. The van der Waals surface area contributed by atoms with E-state index in [2.05, 4.69) is 50.4 Å². The summed E-state index contributed by atoms with van der Waals surface area (Å²) in [4.78, 5) is 0. The number of nitrogens with one attached hydrogen (secondary N) is 1. The number of hydrogen-bond acceptors (Lipinski definition) is 2. The zero-order valence-electron chi connectivity index (χ0n) is 11.3. The Morgan fingerprint density at radius 3 is 2.47 bits per heavy atom. The van der Waals surface area contributed by atoms with E-state index in [1.54, 1.807) is 0 Å². The molecule has 0 saturated heterocycles. The molecule has 1 aromatic carbocycles. The average Bonchev–Trinajstić information content (AvgIpc) is 2.34. The molecule has 1 atom stereocenters. The van der Waals surface area contributed by atoms with E-state index in [0.717, 1.165) is 26.1 Å². The molecular formula is C15H25NO. The molecule has 0 amide bonds. The second kappa shape index (κ2) is 8.26. The van der Waals surface area contributed by atoms with Crippen molar-refractivity contribution in [1.29, 1.82) is 0 Å². The van der Waals surface area contributed by atoms with E-state index < -0.39 is 0 Å². The molecule has 2 nitrogen and oxygen atoms in total. The summed E-state index contributed by atoms with van der Waals surface area (Å²) in [5.74, 6) is 0.560. The largest absolute Gasteiger partial charge is 0.376 e. The molecule has 0 heterocycles. The van der Waals surface area contributed by atoms with Gasteiger partial charge >= 0.3 is 0 Å². The van der Waals surface area contributed by atoms with E-state index in [1.165, 1.54) is 5.56 Å². The second-order valence-electron chi connectivity index (χ2n) is 4.70. The fourth-order valence-electron chi connectivity index (χ4n) is 1.75. The van der Waals surface area contributed by atoms with E-state index >= 15 is 0 Å². The van der Waals surface area contributed by atoms with Crippen LogP contribution in [0.4, 0.5) is 0 Å². The molecule has 2 heteroatoms. The first-order chi connectivity index (χ1) is 8.24. The molecule has 1 rings (SSSR count). The normalized spacial score (nSPS) is 12.9. The van der Waals surface area contributed by atoms with Gasteiger partial charge in [-0.1, -0.05) is 51.1 Å². The molecule has 0 bridgehead atoms. The Balaban J connectivity index is 2.27. The molecule has 0 saturated carbocycles. The third-order valence-corrected chi connectivity index (χ3v) is 2.90. The molecule has 0 aliphatic rings. The lowest BCUT2D eigenvalue weighted by molar-refractivity contribution is 0.0251. The first-order valence-electron chi connectivity index (χ1n) is 6.60. The van der Waals surface area contributed by atoms with Crippen molar-refractivity contribution in [2.24, 2.45) is 5.92 Å². The highest BCUT2D eigenvalue weighted by molar-refractivity contribution is 5.14. The quantitative estimate of drug-likeness (QED) is 0.748.